The van der Waals surface area contributed by atoms with E-state index < -0.39 is 0 Å². The summed E-state index contributed by atoms with van der Waals surface area (Å²) in [5.74, 6) is 0.183. The number of nitrogens with zero attached hydrogens (tertiary/aromatic N) is 2. The summed E-state index contributed by atoms with van der Waals surface area (Å²) in [7, 11) is 0. The number of amides is 2. The third-order valence-corrected chi connectivity index (χ3v) is 4.93. The number of para-hydroxylation sites is 1. The molecule has 0 aliphatic carbocycles. The molecule has 0 saturated carbocycles. The minimum absolute atomic E-state index is 0.0201. The first-order valence-corrected chi connectivity index (χ1v) is 8.47. The van der Waals surface area contributed by atoms with Gasteiger partial charge in [0.25, 0.3) is 5.91 Å². The van der Waals surface area contributed by atoms with Gasteiger partial charge in [-0.15, -0.1) is 0 Å². The molecule has 0 aromatic heterocycles. The number of rotatable bonds is 2. The molecule has 0 spiro atoms. The summed E-state index contributed by atoms with van der Waals surface area (Å²) in [6, 6.07) is 15.7. The zero-order valence-corrected chi connectivity index (χ0v) is 13.7. The molecule has 1 fully saturated rings. The Morgan fingerprint density at radius 1 is 1.08 bits per heavy atom. The Hall–Kier alpha value is -2.62. The summed E-state index contributed by atoms with van der Waals surface area (Å²) in [4.78, 5) is 28.5. The van der Waals surface area contributed by atoms with Gasteiger partial charge in [-0.1, -0.05) is 18.2 Å². The zero-order chi connectivity index (χ0) is 16.7. The van der Waals surface area contributed by atoms with Crippen molar-refractivity contribution in [1.29, 1.82) is 0 Å². The molecule has 2 aliphatic rings. The molecule has 122 valence electrons. The molecule has 4 heteroatoms. The lowest BCUT2D eigenvalue weighted by molar-refractivity contribution is -0.117. The van der Waals surface area contributed by atoms with E-state index in [1.807, 2.05) is 47.4 Å². The van der Waals surface area contributed by atoms with Gasteiger partial charge >= 0.3 is 0 Å². The van der Waals surface area contributed by atoms with Crippen LogP contribution in [0.15, 0.2) is 48.5 Å². The van der Waals surface area contributed by atoms with E-state index in [9.17, 15) is 9.59 Å². The molecule has 2 amide bonds. The number of carbonyl (C=O) groups excluding carboxylic acids is 2. The maximum atomic E-state index is 13.0. The molecular weight excluding hydrogens is 300 g/mol. The van der Waals surface area contributed by atoms with Gasteiger partial charge in [-0.05, 0) is 55.7 Å². The van der Waals surface area contributed by atoms with Crippen molar-refractivity contribution in [2.24, 2.45) is 0 Å². The van der Waals surface area contributed by atoms with Crippen LogP contribution in [0.25, 0.3) is 0 Å². The maximum Gasteiger partial charge on any atom is 0.258 e. The van der Waals surface area contributed by atoms with Crippen LogP contribution >= 0.6 is 0 Å². The Kier molecular flexibility index (Phi) is 3.60. The number of anilines is 2. The van der Waals surface area contributed by atoms with Crippen LogP contribution < -0.4 is 9.80 Å². The molecule has 1 saturated heterocycles. The average Bonchev–Trinajstić information content (AvgIpc) is 3.16. The van der Waals surface area contributed by atoms with E-state index in [2.05, 4.69) is 13.0 Å². The molecule has 2 heterocycles. The highest BCUT2D eigenvalue weighted by Crippen LogP contribution is 2.33. The topological polar surface area (TPSA) is 40.6 Å². The summed E-state index contributed by atoms with van der Waals surface area (Å²) in [6.07, 6.45) is 2.41. The first kappa shape index (κ1) is 14.9. The van der Waals surface area contributed by atoms with Gasteiger partial charge in [0.2, 0.25) is 5.91 Å². The molecule has 2 aromatic rings. The van der Waals surface area contributed by atoms with Gasteiger partial charge in [0.1, 0.15) is 0 Å². The van der Waals surface area contributed by atoms with E-state index in [4.69, 9.17) is 0 Å². The van der Waals surface area contributed by atoms with Crippen LogP contribution in [0, 0.1) is 0 Å². The van der Waals surface area contributed by atoms with Gasteiger partial charge in [0.05, 0.1) is 0 Å². The van der Waals surface area contributed by atoms with Gasteiger partial charge in [-0.2, -0.15) is 0 Å². The number of hydrogen-bond acceptors (Lipinski definition) is 2. The molecule has 0 radical (unpaired) electrons. The Morgan fingerprint density at radius 2 is 1.83 bits per heavy atom. The van der Waals surface area contributed by atoms with E-state index in [1.54, 1.807) is 4.90 Å². The van der Waals surface area contributed by atoms with Crippen LogP contribution in [0.5, 0.6) is 0 Å². The third-order valence-electron chi connectivity index (χ3n) is 4.93. The monoisotopic (exact) mass is 320 g/mol. The average molecular weight is 320 g/mol. The van der Waals surface area contributed by atoms with Gasteiger partial charge in [0, 0.05) is 35.9 Å². The zero-order valence-electron chi connectivity index (χ0n) is 13.7. The minimum atomic E-state index is 0.0201. The summed E-state index contributed by atoms with van der Waals surface area (Å²) in [5.41, 5.74) is 3.77. The lowest BCUT2D eigenvalue weighted by Gasteiger charge is -2.23. The highest BCUT2D eigenvalue weighted by molar-refractivity contribution is 6.08. The highest BCUT2D eigenvalue weighted by atomic mass is 16.2. The van der Waals surface area contributed by atoms with Crippen molar-refractivity contribution in [2.45, 2.75) is 32.2 Å². The van der Waals surface area contributed by atoms with Gasteiger partial charge in [-0.25, -0.2) is 0 Å². The second-order valence-corrected chi connectivity index (χ2v) is 6.55. The fraction of sp³-hybridized carbons (Fsp3) is 0.300. The maximum absolute atomic E-state index is 13.0. The Morgan fingerprint density at radius 3 is 2.54 bits per heavy atom. The molecule has 2 aromatic carbocycles. The lowest BCUT2D eigenvalue weighted by atomic mass is 10.1. The minimum Gasteiger partial charge on any atom is -0.312 e. The number of fused-ring (bicyclic) bond motifs is 1. The van der Waals surface area contributed by atoms with Crippen LogP contribution in [0.2, 0.25) is 0 Å². The summed E-state index contributed by atoms with van der Waals surface area (Å²) in [6.45, 7) is 2.85. The largest absolute Gasteiger partial charge is 0.312 e. The van der Waals surface area contributed by atoms with E-state index in [-0.39, 0.29) is 17.9 Å². The fourth-order valence-corrected chi connectivity index (χ4v) is 3.72. The van der Waals surface area contributed by atoms with Crippen LogP contribution in [-0.4, -0.2) is 24.4 Å². The summed E-state index contributed by atoms with van der Waals surface area (Å²) < 4.78 is 0. The molecule has 0 bridgehead atoms. The molecule has 24 heavy (non-hydrogen) atoms. The Labute approximate surface area is 141 Å². The van der Waals surface area contributed by atoms with Crippen molar-refractivity contribution in [3.8, 4) is 0 Å². The highest BCUT2D eigenvalue weighted by Gasteiger charge is 2.31. The summed E-state index contributed by atoms with van der Waals surface area (Å²) >= 11 is 0. The smallest absolute Gasteiger partial charge is 0.258 e. The lowest BCUT2D eigenvalue weighted by Crippen LogP contribution is -2.35. The molecular formula is C20H20N2O2. The van der Waals surface area contributed by atoms with Gasteiger partial charge < -0.3 is 9.80 Å². The Bertz CT molecular complexity index is 798. The molecule has 2 aliphatic heterocycles. The molecule has 1 unspecified atom stereocenters. The predicted octanol–water partition coefficient (Wildman–Crippen LogP) is 3.40. The quantitative estimate of drug-likeness (QED) is 0.851. The van der Waals surface area contributed by atoms with Crippen LogP contribution in [-0.2, 0) is 11.2 Å². The van der Waals surface area contributed by atoms with Gasteiger partial charge in [0.15, 0.2) is 0 Å². The first-order valence-electron chi connectivity index (χ1n) is 8.47. The standard InChI is InChI=1S/C20H20N2O2/c1-14-13-16-5-2-3-6-18(16)22(14)20(24)15-8-10-17(11-9-15)21-12-4-7-19(21)23/h2-3,5-6,8-11,14H,4,7,12-13H2,1H3. The molecule has 0 N–H and O–H groups in total. The van der Waals surface area contributed by atoms with Crippen molar-refractivity contribution in [1.82, 2.24) is 0 Å². The van der Waals surface area contributed by atoms with Crippen molar-refractivity contribution in [2.75, 3.05) is 16.3 Å². The predicted molar refractivity (Wildman–Crippen MR) is 94.4 cm³/mol. The van der Waals surface area contributed by atoms with Crippen LogP contribution in [0.3, 0.4) is 0 Å². The van der Waals surface area contributed by atoms with Crippen LogP contribution in [0.4, 0.5) is 11.4 Å². The first-order chi connectivity index (χ1) is 11.6. The normalized spacial score (nSPS) is 19.7. The SMILES string of the molecule is CC1Cc2ccccc2N1C(=O)c1ccc(N2CCCC2=O)cc1. The van der Waals surface area contributed by atoms with E-state index in [0.29, 0.717) is 12.0 Å². The molecule has 4 nitrogen and oxygen atoms in total. The van der Waals surface area contributed by atoms with E-state index in [0.717, 1.165) is 30.8 Å². The van der Waals surface area contributed by atoms with Crippen molar-refractivity contribution in [3.63, 3.8) is 0 Å². The third kappa shape index (κ3) is 2.39. The fourth-order valence-electron chi connectivity index (χ4n) is 3.72. The number of benzene rings is 2. The van der Waals surface area contributed by atoms with Crippen molar-refractivity contribution < 1.29 is 9.59 Å². The number of hydrogen-bond donors (Lipinski definition) is 0. The van der Waals surface area contributed by atoms with Gasteiger partial charge in [-0.3, -0.25) is 9.59 Å². The van der Waals surface area contributed by atoms with Crippen molar-refractivity contribution >= 4 is 23.2 Å². The van der Waals surface area contributed by atoms with E-state index in [1.165, 1.54) is 5.56 Å². The van der Waals surface area contributed by atoms with E-state index >= 15 is 0 Å². The number of carbonyl (C=O) groups is 2. The molecule has 4 rings (SSSR count). The van der Waals surface area contributed by atoms with Crippen LogP contribution in [0.1, 0.15) is 35.7 Å². The Balaban J connectivity index is 1.60. The summed E-state index contributed by atoms with van der Waals surface area (Å²) in [5, 5.41) is 0. The molecule has 1 atom stereocenters. The second kappa shape index (κ2) is 5.78. The van der Waals surface area contributed by atoms with Crippen molar-refractivity contribution in [3.05, 3.63) is 59.7 Å². The second-order valence-electron chi connectivity index (χ2n) is 6.55.